The lowest BCUT2D eigenvalue weighted by Crippen LogP contribution is -2.21. The van der Waals surface area contributed by atoms with E-state index in [2.05, 4.69) is 15.9 Å². The first-order chi connectivity index (χ1) is 8.56. The van der Waals surface area contributed by atoms with Crippen molar-refractivity contribution in [3.8, 4) is 0 Å². The second-order valence-corrected chi connectivity index (χ2v) is 5.25. The maximum absolute atomic E-state index is 11.7. The maximum Gasteiger partial charge on any atom is 0.334 e. The van der Waals surface area contributed by atoms with Gasteiger partial charge in [-0.3, -0.25) is 0 Å². The lowest BCUT2D eigenvalue weighted by molar-refractivity contribution is -0.142. The number of esters is 1. The van der Waals surface area contributed by atoms with E-state index in [9.17, 15) is 4.79 Å². The Morgan fingerprint density at radius 3 is 2.39 bits per heavy atom. The molecule has 0 N–H and O–H groups in total. The van der Waals surface area contributed by atoms with Gasteiger partial charge < -0.3 is 4.74 Å². The molecule has 2 nitrogen and oxygen atoms in total. The molecule has 1 rings (SSSR count). The van der Waals surface area contributed by atoms with Crippen molar-refractivity contribution in [2.24, 2.45) is 0 Å². The molecule has 0 heterocycles. The Kier molecular flexibility index (Phi) is 6.76. The van der Waals surface area contributed by atoms with Crippen molar-refractivity contribution in [2.75, 3.05) is 11.8 Å². The van der Waals surface area contributed by atoms with Crippen LogP contribution in [0, 0.1) is 0 Å². The van der Waals surface area contributed by atoms with Crippen LogP contribution in [0.15, 0.2) is 34.3 Å². The zero-order valence-corrected chi connectivity index (χ0v) is 12.9. The quantitative estimate of drug-likeness (QED) is 0.450. The fraction of sp³-hybridized carbons (Fsp3) is 0.308. The summed E-state index contributed by atoms with van der Waals surface area (Å²) in [7, 11) is 0. The number of benzene rings is 1. The molecule has 1 aromatic carbocycles. The molecule has 0 amide bonds. The molecular weight excluding hydrogens is 339 g/mol. The predicted molar refractivity (Wildman–Crippen MR) is 79.1 cm³/mol. The molecule has 0 unspecified atom stereocenters. The van der Waals surface area contributed by atoms with Crippen LogP contribution < -0.4 is 0 Å². The minimum absolute atomic E-state index is 0.195. The van der Waals surface area contributed by atoms with E-state index < -0.39 is 12.1 Å². The highest BCUT2D eigenvalue weighted by atomic mass is 79.9. The van der Waals surface area contributed by atoms with Crippen molar-refractivity contribution in [2.45, 2.75) is 13.0 Å². The molecule has 1 aromatic rings. The van der Waals surface area contributed by atoms with Gasteiger partial charge in [-0.05, 0) is 30.7 Å². The molecule has 0 bridgehead atoms. The fourth-order valence-corrected chi connectivity index (χ4v) is 1.94. The van der Waals surface area contributed by atoms with Crippen molar-refractivity contribution < 1.29 is 9.53 Å². The Morgan fingerprint density at radius 2 is 1.89 bits per heavy atom. The Labute approximate surface area is 125 Å². The van der Waals surface area contributed by atoms with E-state index in [-0.39, 0.29) is 11.8 Å². The van der Waals surface area contributed by atoms with Crippen LogP contribution in [0.3, 0.4) is 0 Å². The third-order valence-corrected chi connectivity index (χ3v) is 3.41. The summed E-state index contributed by atoms with van der Waals surface area (Å²) in [5.41, 5.74) is 1.44. The van der Waals surface area contributed by atoms with Gasteiger partial charge in [-0.2, -0.15) is 0 Å². The van der Waals surface area contributed by atoms with Crippen LogP contribution in [0.2, 0.25) is 0 Å². The summed E-state index contributed by atoms with van der Waals surface area (Å²) >= 11 is 14.6. The van der Waals surface area contributed by atoms with Gasteiger partial charge in [0.15, 0.2) is 0 Å². The molecule has 0 aromatic heterocycles. The zero-order valence-electron chi connectivity index (χ0n) is 9.83. The highest BCUT2D eigenvalue weighted by Crippen LogP contribution is 2.14. The lowest BCUT2D eigenvalue weighted by Gasteiger charge is -2.12. The van der Waals surface area contributed by atoms with E-state index in [0.29, 0.717) is 5.57 Å². The first-order valence-corrected chi connectivity index (χ1v) is 7.19. The Hall–Kier alpha value is -0.510. The van der Waals surface area contributed by atoms with Gasteiger partial charge in [-0.15, -0.1) is 23.2 Å². The minimum Gasteiger partial charge on any atom is -0.456 e. The second kappa shape index (κ2) is 7.82. The Morgan fingerprint density at radius 1 is 1.33 bits per heavy atom. The number of hydrogen-bond acceptors (Lipinski definition) is 2. The van der Waals surface area contributed by atoms with Gasteiger partial charge >= 0.3 is 5.97 Å². The first-order valence-electron chi connectivity index (χ1n) is 5.33. The average molecular weight is 352 g/mol. The highest BCUT2D eigenvalue weighted by Gasteiger charge is 2.13. The summed E-state index contributed by atoms with van der Waals surface area (Å²) < 4.78 is 6.12. The van der Waals surface area contributed by atoms with Gasteiger partial charge in [0.25, 0.3) is 0 Å². The largest absolute Gasteiger partial charge is 0.456 e. The van der Waals surface area contributed by atoms with Crippen LogP contribution >= 0.6 is 39.1 Å². The topological polar surface area (TPSA) is 26.3 Å². The van der Waals surface area contributed by atoms with Gasteiger partial charge in [0.05, 0.1) is 11.8 Å². The number of hydrogen-bond donors (Lipinski definition) is 0. The summed E-state index contributed by atoms with van der Waals surface area (Å²) in [6.07, 6.45) is 1.31. The molecule has 0 spiro atoms. The Balaban J connectivity index is 2.71. The highest BCUT2D eigenvalue weighted by molar-refractivity contribution is 9.10. The minimum atomic E-state index is -0.450. The standard InChI is InChI=1S/C13H13BrCl2O2/c1-9(13(17)18-12(7-15)8-16)6-10-2-4-11(14)5-3-10/h2-6,12H,7-8H2,1H3. The predicted octanol–water partition coefficient (Wildman–Crippen LogP) is 4.24. The van der Waals surface area contributed by atoms with Gasteiger partial charge in [0.2, 0.25) is 0 Å². The zero-order chi connectivity index (χ0) is 13.5. The van der Waals surface area contributed by atoms with Crippen molar-refractivity contribution in [3.05, 3.63) is 39.9 Å². The normalized spacial score (nSPS) is 11.7. The van der Waals surface area contributed by atoms with Crippen molar-refractivity contribution >= 4 is 51.2 Å². The van der Waals surface area contributed by atoms with E-state index in [1.165, 1.54) is 0 Å². The number of alkyl halides is 2. The Bertz CT molecular complexity index is 425. The van der Waals surface area contributed by atoms with Crippen LogP contribution in [0.5, 0.6) is 0 Å². The van der Waals surface area contributed by atoms with Crippen molar-refractivity contribution in [1.29, 1.82) is 0 Å². The summed E-state index contributed by atoms with van der Waals surface area (Å²) in [6, 6.07) is 7.62. The maximum atomic E-state index is 11.7. The molecule has 0 fully saturated rings. The van der Waals surface area contributed by atoms with Crippen LogP contribution in [-0.2, 0) is 9.53 Å². The average Bonchev–Trinajstić information content (AvgIpc) is 2.38. The molecule has 0 saturated heterocycles. The summed E-state index contributed by atoms with van der Waals surface area (Å²) in [4.78, 5) is 11.7. The number of ether oxygens (including phenoxy) is 1. The van der Waals surface area contributed by atoms with E-state index in [1.54, 1.807) is 13.0 Å². The molecule has 98 valence electrons. The number of halogens is 3. The molecule has 0 saturated carbocycles. The molecule has 0 aliphatic rings. The van der Waals surface area contributed by atoms with Crippen LogP contribution in [0.25, 0.3) is 6.08 Å². The molecule has 5 heteroatoms. The third-order valence-electron chi connectivity index (χ3n) is 2.19. The number of carbonyl (C=O) groups excluding carboxylic acids is 1. The molecule has 0 radical (unpaired) electrons. The van der Waals surface area contributed by atoms with Gasteiger partial charge in [-0.25, -0.2) is 4.79 Å². The smallest absolute Gasteiger partial charge is 0.334 e. The molecule has 0 atom stereocenters. The fourth-order valence-electron chi connectivity index (χ4n) is 1.22. The van der Waals surface area contributed by atoms with E-state index in [1.807, 2.05) is 24.3 Å². The van der Waals surface area contributed by atoms with E-state index in [4.69, 9.17) is 27.9 Å². The van der Waals surface area contributed by atoms with Crippen molar-refractivity contribution in [3.63, 3.8) is 0 Å². The number of carbonyl (C=O) groups is 1. The van der Waals surface area contributed by atoms with Gasteiger partial charge in [0, 0.05) is 10.0 Å². The first kappa shape index (κ1) is 15.5. The summed E-state index contributed by atoms with van der Waals surface area (Å²) in [6.45, 7) is 1.70. The third kappa shape index (κ3) is 5.01. The second-order valence-electron chi connectivity index (χ2n) is 3.71. The van der Waals surface area contributed by atoms with E-state index >= 15 is 0 Å². The molecule has 0 aliphatic carbocycles. The SMILES string of the molecule is CC(=Cc1ccc(Br)cc1)C(=O)OC(CCl)CCl. The van der Waals surface area contributed by atoms with Crippen molar-refractivity contribution in [1.82, 2.24) is 0 Å². The van der Waals surface area contributed by atoms with Gasteiger partial charge in [0.1, 0.15) is 6.10 Å². The van der Waals surface area contributed by atoms with Gasteiger partial charge in [-0.1, -0.05) is 28.1 Å². The van der Waals surface area contributed by atoms with Crippen LogP contribution in [0.4, 0.5) is 0 Å². The molecular formula is C13H13BrCl2O2. The number of rotatable bonds is 5. The summed E-state index contributed by atoms with van der Waals surface area (Å²) in [5, 5.41) is 0. The lowest BCUT2D eigenvalue weighted by atomic mass is 10.1. The summed E-state index contributed by atoms with van der Waals surface area (Å²) in [5.74, 6) is -0.00839. The molecule has 0 aliphatic heterocycles. The van der Waals surface area contributed by atoms with Crippen LogP contribution in [0.1, 0.15) is 12.5 Å². The molecule has 18 heavy (non-hydrogen) atoms. The van der Waals surface area contributed by atoms with Crippen LogP contribution in [-0.4, -0.2) is 23.8 Å². The monoisotopic (exact) mass is 350 g/mol. The van der Waals surface area contributed by atoms with E-state index in [0.717, 1.165) is 10.0 Å².